The van der Waals surface area contributed by atoms with Gasteiger partial charge in [0, 0.05) is 22.8 Å². The first kappa shape index (κ1) is 16.2. The SMILES string of the molecule is CCCNC(c1cnn(CCC)c1)c1cc(Br)ccc1C. The Kier molecular flexibility index (Phi) is 6.00. The number of benzene rings is 1. The molecule has 114 valence electrons. The average molecular weight is 350 g/mol. The van der Waals surface area contributed by atoms with Crippen LogP contribution < -0.4 is 5.32 Å². The van der Waals surface area contributed by atoms with Gasteiger partial charge in [-0.3, -0.25) is 4.68 Å². The van der Waals surface area contributed by atoms with Gasteiger partial charge in [0.1, 0.15) is 0 Å². The van der Waals surface area contributed by atoms with Crippen molar-refractivity contribution in [3.05, 3.63) is 51.8 Å². The van der Waals surface area contributed by atoms with Gasteiger partial charge in [-0.05, 0) is 49.6 Å². The lowest BCUT2D eigenvalue weighted by atomic mass is 9.97. The largest absolute Gasteiger partial charge is 0.306 e. The monoisotopic (exact) mass is 349 g/mol. The second-order valence-electron chi connectivity index (χ2n) is 5.42. The number of aryl methyl sites for hydroxylation is 2. The lowest BCUT2D eigenvalue weighted by Crippen LogP contribution is -2.23. The standard InChI is InChI=1S/C17H24BrN3/c1-4-8-19-17(14-11-20-21(12-14)9-5-2)16-10-15(18)7-6-13(16)3/h6-7,10-12,17,19H,4-5,8-9H2,1-3H3. The van der Waals surface area contributed by atoms with Crippen LogP contribution in [-0.4, -0.2) is 16.3 Å². The maximum Gasteiger partial charge on any atom is 0.0610 e. The molecule has 0 aliphatic rings. The number of rotatable bonds is 7. The van der Waals surface area contributed by atoms with Crippen molar-refractivity contribution in [1.29, 1.82) is 0 Å². The first-order valence-corrected chi connectivity index (χ1v) is 8.46. The van der Waals surface area contributed by atoms with Crippen LogP contribution in [0, 0.1) is 6.92 Å². The Morgan fingerprint density at radius 1 is 1.29 bits per heavy atom. The van der Waals surface area contributed by atoms with E-state index < -0.39 is 0 Å². The Balaban J connectivity index is 2.34. The maximum absolute atomic E-state index is 4.48. The molecule has 0 amide bonds. The predicted molar refractivity (Wildman–Crippen MR) is 91.5 cm³/mol. The van der Waals surface area contributed by atoms with E-state index in [1.165, 1.54) is 16.7 Å². The summed E-state index contributed by atoms with van der Waals surface area (Å²) in [6, 6.07) is 6.67. The molecule has 1 atom stereocenters. The highest BCUT2D eigenvalue weighted by molar-refractivity contribution is 9.10. The van der Waals surface area contributed by atoms with E-state index >= 15 is 0 Å². The number of nitrogens with one attached hydrogen (secondary N) is 1. The van der Waals surface area contributed by atoms with Crippen molar-refractivity contribution in [2.24, 2.45) is 0 Å². The number of aromatic nitrogens is 2. The molecule has 0 aliphatic carbocycles. The Labute approximate surface area is 135 Å². The van der Waals surface area contributed by atoms with Crippen LogP contribution in [0.1, 0.15) is 49.4 Å². The second kappa shape index (κ2) is 7.76. The first-order valence-electron chi connectivity index (χ1n) is 7.67. The van der Waals surface area contributed by atoms with Gasteiger partial charge in [0.05, 0.1) is 12.2 Å². The third-order valence-electron chi connectivity index (χ3n) is 3.59. The third kappa shape index (κ3) is 4.17. The summed E-state index contributed by atoms with van der Waals surface area (Å²) < 4.78 is 3.15. The van der Waals surface area contributed by atoms with Crippen LogP contribution >= 0.6 is 15.9 Å². The third-order valence-corrected chi connectivity index (χ3v) is 4.08. The zero-order valence-corrected chi connectivity index (χ0v) is 14.7. The fourth-order valence-corrected chi connectivity index (χ4v) is 2.88. The van der Waals surface area contributed by atoms with Crippen molar-refractivity contribution in [3.63, 3.8) is 0 Å². The summed E-state index contributed by atoms with van der Waals surface area (Å²) in [5.41, 5.74) is 3.85. The van der Waals surface area contributed by atoms with Gasteiger partial charge < -0.3 is 5.32 Å². The highest BCUT2D eigenvalue weighted by Crippen LogP contribution is 2.27. The highest BCUT2D eigenvalue weighted by Gasteiger charge is 2.17. The molecule has 1 aromatic heterocycles. The average Bonchev–Trinajstić information content (AvgIpc) is 2.92. The molecule has 4 heteroatoms. The van der Waals surface area contributed by atoms with E-state index in [9.17, 15) is 0 Å². The fourth-order valence-electron chi connectivity index (χ4n) is 2.50. The van der Waals surface area contributed by atoms with Crippen molar-refractivity contribution >= 4 is 15.9 Å². The molecule has 0 radical (unpaired) electrons. The molecule has 3 nitrogen and oxygen atoms in total. The molecule has 2 aromatic rings. The summed E-state index contributed by atoms with van der Waals surface area (Å²) in [6.45, 7) is 8.50. The van der Waals surface area contributed by atoms with Gasteiger partial charge in [-0.15, -0.1) is 0 Å². The lowest BCUT2D eigenvalue weighted by molar-refractivity contribution is 0.586. The van der Waals surface area contributed by atoms with E-state index in [0.717, 1.165) is 30.4 Å². The van der Waals surface area contributed by atoms with E-state index in [-0.39, 0.29) is 6.04 Å². The predicted octanol–water partition coefficient (Wildman–Crippen LogP) is 4.45. The molecular weight excluding hydrogens is 326 g/mol. The number of hydrogen-bond donors (Lipinski definition) is 1. The molecule has 1 aromatic carbocycles. The van der Waals surface area contributed by atoms with Crippen LogP contribution in [-0.2, 0) is 6.54 Å². The summed E-state index contributed by atoms with van der Waals surface area (Å²) in [7, 11) is 0. The van der Waals surface area contributed by atoms with Crippen LogP contribution in [0.4, 0.5) is 0 Å². The smallest absolute Gasteiger partial charge is 0.0610 e. The highest BCUT2D eigenvalue weighted by atomic mass is 79.9. The molecule has 0 aliphatic heterocycles. The van der Waals surface area contributed by atoms with Crippen molar-refractivity contribution in [3.8, 4) is 0 Å². The molecule has 0 fully saturated rings. The maximum atomic E-state index is 4.48. The van der Waals surface area contributed by atoms with Gasteiger partial charge in [-0.25, -0.2) is 0 Å². The van der Waals surface area contributed by atoms with E-state index in [0.29, 0.717) is 0 Å². The Bertz CT molecular complexity index is 577. The lowest BCUT2D eigenvalue weighted by Gasteiger charge is -2.20. The second-order valence-corrected chi connectivity index (χ2v) is 6.34. The van der Waals surface area contributed by atoms with E-state index in [1.807, 2.05) is 10.9 Å². The van der Waals surface area contributed by atoms with Crippen LogP contribution in [0.25, 0.3) is 0 Å². The minimum Gasteiger partial charge on any atom is -0.306 e. The summed E-state index contributed by atoms with van der Waals surface area (Å²) in [4.78, 5) is 0. The topological polar surface area (TPSA) is 29.9 Å². The quantitative estimate of drug-likeness (QED) is 0.799. The molecule has 0 saturated carbocycles. The molecule has 1 N–H and O–H groups in total. The van der Waals surface area contributed by atoms with E-state index in [1.54, 1.807) is 0 Å². The van der Waals surface area contributed by atoms with Crippen LogP contribution in [0.15, 0.2) is 35.1 Å². The number of halogens is 1. The van der Waals surface area contributed by atoms with Crippen molar-refractivity contribution in [1.82, 2.24) is 15.1 Å². The molecule has 0 saturated heterocycles. The van der Waals surface area contributed by atoms with Crippen molar-refractivity contribution < 1.29 is 0 Å². The number of nitrogens with zero attached hydrogens (tertiary/aromatic N) is 2. The summed E-state index contributed by atoms with van der Waals surface area (Å²) in [5, 5.41) is 8.13. The van der Waals surface area contributed by atoms with Gasteiger partial charge >= 0.3 is 0 Å². The first-order chi connectivity index (χ1) is 10.2. The molecular formula is C17H24BrN3. The van der Waals surface area contributed by atoms with Crippen molar-refractivity contribution in [2.75, 3.05) is 6.54 Å². The Morgan fingerprint density at radius 2 is 2.10 bits per heavy atom. The van der Waals surface area contributed by atoms with Gasteiger partial charge in [-0.1, -0.05) is 35.8 Å². The van der Waals surface area contributed by atoms with Crippen LogP contribution in [0.3, 0.4) is 0 Å². The van der Waals surface area contributed by atoms with Crippen LogP contribution in [0.5, 0.6) is 0 Å². The Hall–Kier alpha value is -1.13. The summed E-state index contributed by atoms with van der Waals surface area (Å²) >= 11 is 3.59. The molecule has 2 rings (SSSR count). The number of hydrogen-bond acceptors (Lipinski definition) is 2. The molecule has 1 heterocycles. The molecule has 0 bridgehead atoms. The van der Waals surface area contributed by atoms with Crippen molar-refractivity contribution in [2.45, 2.75) is 46.2 Å². The minimum atomic E-state index is 0.202. The summed E-state index contributed by atoms with van der Waals surface area (Å²) in [5.74, 6) is 0. The van der Waals surface area contributed by atoms with Crippen LogP contribution in [0.2, 0.25) is 0 Å². The fraction of sp³-hybridized carbons (Fsp3) is 0.471. The van der Waals surface area contributed by atoms with E-state index in [2.05, 4.69) is 71.5 Å². The van der Waals surface area contributed by atoms with Gasteiger partial charge in [0.25, 0.3) is 0 Å². The summed E-state index contributed by atoms with van der Waals surface area (Å²) in [6.07, 6.45) is 6.37. The van der Waals surface area contributed by atoms with Gasteiger partial charge in [0.15, 0.2) is 0 Å². The Morgan fingerprint density at radius 3 is 2.81 bits per heavy atom. The normalized spacial score (nSPS) is 12.6. The van der Waals surface area contributed by atoms with Gasteiger partial charge in [-0.2, -0.15) is 5.10 Å². The molecule has 1 unspecified atom stereocenters. The minimum absolute atomic E-state index is 0.202. The molecule has 0 spiro atoms. The van der Waals surface area contributed by atoms with E-state index in [4.69, 9.17) is 0 Å². The zero-order chi connectivity index (χ0) is 15.2. The molecule has 21 heavy (non-hydrogen) atoms. The van der Waals surface area contributed by atoms with Gasteiger partial charge in [0.2, 0.25) is 0 Å². The zero-order valence-electron chi connectivity index (χ0n) is 13.1.